The molecule has 2 aliphatic rings. The highest BCUT2D eigenvalue weighted by Gasteiger charge is 2.37. The number of anilines is 1. The lowest BCUT2D eigenvalue weighted by atomic mass is 9.77. The Kier molecular flexibility index (Phi) is 3.67. The summed E-state index contributed by atoms with van der Waals surface area (Å²) in [6, 6.07) is 15.5. The molecule has 1 aliphatic heterocycles. The molecule has 1 heterocycles. The predicted octanol–water partition coefficient (Wildman–Crippen LogP) is 5.89. The van der Waals surface area contributed by atoms with Crippen LogP contribution in [0.5, 0.6) is 0 Å². The van der Waals surface area contributed by atoms with Crippen LogP contribution in [0.2, 0.25) is 5.02 Å². The van der Waals surface area contributed by atoms with Crippen LogP contribution in [0.15, 0.2) is 59.5 Å². The van der Waals surface area contributed by atoms with Crippen molar-refractivity contribution in [1.82, 2.24) is 0 Å². The summed E-state index contributed by atoms with van der Waals surface area (Å²) in [5.41, 5.74) is 3.93. The molecule has 4 rings (SSSR count). The third-order valence-electron chi connectivity index (χ3n) is 4.80. The van der Waals surface area contributed by atoms with E-state index in [-0.39, 0.29) is 0 Å². The van der Waals surface area contributed by atoms with Crippen LogP contribution in [-0.2, 0) is 0 Å². The number of fused-ring (bicyclic) bond motifs is 3. The molecule has 0 fully saturated rings. The van der Waals surface area contributed by atoms with E-state index in [0.29, 0.717) is 17.9 Å². The number of rotatable bonds is 2. The van der Waals surface area contributed by atoms with E-state index in [1.807, 2.05) is 6.07 Å². The zero-order chi connectivity index (χ0) is 15.1. The maximum atomic E-state index is 6.20. The second kappa shape index (κ2) is 5.68. The summed E-state index contributed by atoms with van der Waals surface area (Å²) in [7, 11) is 0. The van der Waals surface area contributed by atoms with E-state index in [0.717, 1.165) is 11.4 Å². The molecule has 0 unspecified atom stereocenters. The number of hydrogen-bond donors (Lipinski definition) is 1. The highest BCUT2D eigenvalue weighted by atomic mass is 35.5. The fourth-order valence-electron chi connectivity index (χ4n) is 3.71. The van der Waals surface area contributed by atoms with Gasteiger partial charge in [-0.25, -0.2) is 0 Å². The summed E-state index contributed by atoms with van der Waals surface area (Å²) in [5.74, 6) is 1.05. The van der Waals surface area contributed by atoms with E-state index in [1.165, 1.54) is 21.7 Å². The lowest BCUT2D eigenvalue weighted by Gasteiger charge is -2.37. The summed E-state index contributed by atoms with van der Waals surface area (Å²) in [5, 5.41) is 4.57. The Morgan fingerprint density at radius 3 is 2.73 bits per heavy atom. The van der Waals surface area contributed by atoms with Crippen LogP contribution in [0, 0.1) is 5.92 Å². The van der Waals surface area contributed by atoms with Crippen molar-refractivity contribution >= 4 is 29.1 Å². The minimum absolute atomic E-state index is 0.365. The largest absolute Gasteiger partial charge is 0.378 e. The average molecular weight is 328 g/mol. The van der Waals surface area contributed by atoms with E-state index < -0.39 is 0 Å². The zero-order valence-electron chi connectivity index (χ0n) is 12.4. The quantitative estimate of drug-likeness (QED) is 0.545. The summed E-state index contributed by atoms with van der Waals surface area (Å²) in [4.78, 5) is 1.31. The molecule has 0 spiro atoms. The van der Waals surface area contributed by atoms with E-state index in [1.54, 1.807) is 11.8 Å². The minimum Gasteiger partial charge on any atom is -0.378 e. The second-order valence-electron chi connectivity index (χ2n) is 5.98. The Bertz CT molecular complexity index is 723. The number of halogens is 1. The number of thioether (sulfide) groups is 1. The van der Waals surface area contributed by atoms with Crippen molar-refractivity contribution in [3.8, 4) is 0 Å². The summed E-state index contributed by atoms with van der Waals surface area (Å²) in [6.07, 6.45) is 7.91. The van der Waals surface area contributed by atoms with Crippen LogP contribution in [0.3, 0.4) is 0 Å². The Balaban J connectivity index is 1.74. The molecule has 0 amide bonds. The normalized spacial score (nSPS) is 25.5. The van der Waals surface area contributed by atoms with Gasteiger partial charge in [-0.2, -0.15) is 0 Å². The standard InChI is InChI=1S/C19H18ClNS/c1-22-14-8-5-12(6-9-14)19-16-4-2-3-15(16)17-11-13(20)7-10-18(17)21-19/h2-3,5-11,15-16,19,21H,4H2,1H3/t15-,16+,19+/m1/s1. The first-order chi connectivity index (χ1) is 10.8. The van der Waals surface area contributed by atoms with Gasteiger partial charge in [0.15, 0.2) is 0 Å². The molecule has 0 saturated carbocycles. The van der Waals surface area contributed by atoms with Crippen molar-refractivity contribution in [2.45, 2.75) is 23.3 Å². The SMILES string of the molecule is CSc1ccc([C@@H]2Nc3ccc(Cl)cc3[C@@H]3C=CC[C@@H]32)cc1. The molecular formula is C19H18ClNS. The molecule has 2 aromatic carbocycles. The topological polar surface area (TPSA) is 12.0 Å². The van der Waals surface area contributed by atoms with Crippen LogP contribution in [0.4, 0.5) is 5.69 Å². The van der Waals surface area contributed by atoms with Gasteiger partial charge in [0.25, 0.3) is 0 Å². The van der Waals surface area contributed by atoms with Gasteiger partial charge in [0.2, 0.25) is 0 Å². The van der Waals surface area contributed by atoms with Crippen molar-refractivity contribution < 1.29 is 0 Å². The lowest BCUT2D eigenvalue weighted by molar-refractivity contribution is 0.425. The maximum absolute atomic E-state index is 6.20. The van der Waals surface area contributed by atoms with Gasteiger partial charge in [0.05, 0.1) is 6.04 Å². The van der Waals surface area contributed by atoms with Crippen LogP contribution in [0.1, 0.15) is 29.5 Å². The third kappa shape index (κ3) is 2.35. The van der Waals surface area contributed by atoms with Crippen molar-refractivity contribution in [2.24, 2.45) is 5.92 Å². The van der Waals surface area contributed by atoms with E-state index in [4.69, 9.17) is 11.6 Å². The van der Waals surface area contributed by atoms with Gasteiger partial charge in [-0.05, 0) is 60.1 Å². The van der Waals surface area contributed by atoms with Crippen molar-refractivity contribution in [1.29, 1.82) is 0 Å². The fourth-order valence-corrected chi connectivity index (χ4v) is 4.30. The van der Waals surface area contributed by atoms with E-state index in [2.05, 4.69) is 60.1 Å². The molecule has 1 aliphatic carbocycles. The molecule has 3 heteroatoms. The second-order valence-corrected chi connectivity index (χ2v) is 7.30. The van der Waals surface area contributed by atoms with Gasteiger partial charge in [0, 0.05) is 21.5 Å². The van der Waals surface area contributed by atoms with Crippen molar-refractivity contribution in [3.63, 3.8) is 0 Å². The number of benzene rings is 2. The molecule has 0 bridgehead atoms. The molecule has 1 N–H and O–H groups in total. The summed E-state index contributed by atoms with van der Waals surface area (Å²) in [6.45, 7) is 0. The van der Waals surface area contributed by atoms with Gasteiger partial charge in [-0.1, -0.05) is 35.9 Å². The maximum Gasteiger partial charge on any atom is 0.0553 e. The van der Waals surface area contributed by atoms with E-state index >= 15 is 0 Å². The first-order valence-electron chi connectivity index (χ1n) is 7.63. The van der Waals surface area contributed by atoms with Gasteiger partial charge in [-0.15, -0.1) is 11.8 Å². The monoisotopic (exact) mass is 327 g/mol. The molecular weight excluding hydrogens is 310 g/mol. The van der Waals surface area contributed by atoms with Gasteiger partial charge in [-0.3, -0.25) is 0 Å². The van der Waals surface area contributed by atoms with E-state index in [9.17, 15) is 0 Å². The molecule has 2 aromatic rings. The van der Waals surface area contributed by atoms with Crippen LogP contribution >= 0.6 is 23.4 Å². The van der Waals surface area contributed by atoms with Gasteiger partial charge < -0.3 is 5.32 Å². The first kappa shape index (κ1) is 14.2. The van der Waals surface area contributed by atoms with Crippen molar-refractivity contribution in [3.05, 3.63) is 70.8 Å². The van der Waals surface area contributed by atoms with Gasteiger partial charge >= 0.3 is 0 Å². The molecule has 3 atom stereocenters. The van der Waals surface area contributed by atoms with Crippen molar-refractivity contribution in [2.75, 3.05) is 11.6 Å². The Hall–Kier alpha value is -1.38. The summed E-state index contributed by atoms with van der Waals surface area (Å²) >= 11 is 7.99. The molecule has 0 aromatic heterocycles. The smallest absolute Gasteiger partial charge is 0.0553 e. The molecule has 0 radical (unpaired) electrons. The molecule has 0 saturated heterocycles. The number of hydrogen-bond acceptors (Lipinski definition) is 2. The van der Waals surface area contributed by atoms with Crippen LogP contribution in [-0.4, -0.2) is 6.26 Å². The van der Waals surface area contributed by atoms with Crippen LogP contribution < -0.4 is 5.32 Å². The average Bonchev–Trinajstić information content (AvgIpc) is 3.04. The Labute approximate surface area is 140 Å². The van der Waals surface area contributed by atoms with Gasteiger partial charge in [0.1, 0.15) is 0 Å². The summed E-state index contributed by atoms with van der Waals surface area (Å²) < 4.78 is 0. The van der Waals surface area contributed by atoms with Crippen LogP contribution in [0.25, 0.3) is 0 Å². The molecule has 112 valence electrons. The molecule has 1 nitrogen and oxygen atoms in total. The Morgan fingerprint density at radius 2 is 1.95 bits per heavy atom. The predicted molar refractivity (Wildman–Crippen MR) is 96.0 cm³/mol. The molecule has 22 heavy (non-hydrogen) atoms. The number of allylic oxidation sites excluding steroid dienone is 2. The third-order valence-corrected chi connectivity index (χ3v) is 5.78. The lowest BCUT2D eigenvalue weighted by Crippen LogP contribution is -2.29. The zero-order valence-corrected chi connectivity index (χ0v) is 14.0. The fraction of sp³-hybridized carbons (Fsp3) is 0.263. The number of nitrogens with one attached hydrogen (secondary N) is 1. The Morgan fingerprint density at radius 1 is 1.14 bits per heavy atom. The minimum atomic E-state index is 0.365. The highest BCUT2D eigenvalue weighted by Crippen LogP contribution is 2.50. The first-order valence-corrected chi connectivity index (χ1v) is 9.23. The highest BCUT2D eigenvalue weighted by molar-refractivity contribution is 7.98.